The summed E-state index contributed by atoms with van der Waals surface area (Å²) in [5.74, 6) is -0.989. The second-order valence-electron chi connectivity index (χ2n) is 5.68. The van der Waals surface area contributed by atoms with Gasteiger partial charge in [0.2, 0.25) is 10.0 Å². The van der Waals surface area contributed by atoms with Crippen molar-refractivity contribution < 1.29 is 23.1 Å². The van der Waals surface area contributed by atoms with E-state index in [1.54, 1.807) is 13.0 Å². The van der Waals surface area contributed by atoms with E-state index < -0.39 is 21.4 Å². The average molecular weight is 348 g/mol. The largest absolute Gasteiger partial charge is 0.481 e. The van der Waals surface area contributed by atoms with E-state index in [0.717, 1.165) is 0 Å². The maximum absolute atomic E-state index is 12.7. The average Bonchev–Trinajstić information content (AvgIpc) is 2.83. The zero-order valence-corrected chi connectivity index (χ0v) is 13.9. The van der Waals surface area contributed by atoms with Crippen LogP contribution in [0.4, 0.5) is 0 Å². The van der Waals surface area contributed by atoms with Gasteiger partial charge in [-0.1, -0.05) is 11.6 Å². The number of hydrogen-bond acceptors (Lipinski definition) is 4. The predicted octanol–water partition coefficient (Wildman–Crippen LogP) is 1.97. The number of sulfonamides is 1. The number of carboxylic acids is 1. The predicted molar refractivity (Wildman–Crippen MR) is 81.3 cm³/mol. The number of halogens is 1. The Kier molecular flexibility index (Phi) is 4.81. The Balaban J connectivity index is 2.34. The summed E-state index contributed by atoms with van der Waals surface area (Å²) in [5, 5.41) is 9.53. The van der Waals surface area contributed by atoms with Crippen molar-refractivity contribution in [2.45, 2.75) is 24.8 Å². The molecule has 1 aromatic carbocycles. The summed E-state index contributed by atoms with van der Waals surface area (Å²) in [7, 11) is -2.27. The molecule has 6 nitrogen and oxygen atoms in total. The van der Waals surface area contributed by atoms with Crippen molar-refractivity contribution >= 4 is 27.6 Å². The van der Waals surface area contributed by atoms with Crippen LogP contribution in [0.2, 0.25) is 5.02 Å². The SMILES string of the molecule is COCc1cc(Cl)cc(S(=O)(=O)N2CCC(C)(C(=O)O)C2)c1. The number of rotatable bonds is 5. The second kappa shape index (κ2) is 6.16. The quantitative estimate of drug-likeness (QED) is 0.880. The summed E-state index contributed by atoms with van der Waals surface area (Å²) in [5.41, 5.74) is -0.408. The fourth-order valence-corrected chi connectivity index (χ4v) is 4.45. The van der Waals surface area contributed by atoms with Gasteiger partial charge in [-0.2, -0.15) is 4.31 Å². The molecule has 1 aliphatic heterocycles. The number of hydrogen-bond donors (Lipinski definition) is 1. The summed E-state index contributed by atoms with van der Waals surface area (Å²) in [6.45, 7) is 1.93. The first kappa shape index (κ1) is 17.2. The lowest BCUT2D eigenvalue weighted by molar-refractivity contribution is -0.146. The van der Waals surface area contributed by atoms with Crippen molar-refractivity contribution in [2.75, 3.05) is 20.2 Å². The number of aliphatic carboxylic acids is 1. The van der Waals surface area contributed by atoms with Crippen molar-refractivity contribution in [3.05, 3.63) is 28.8 Å². The smallest absolute Gasteiger partial charge is 0.310 e. The molecule has 1 aliphatic rings. The molecule has 1 fully saturated rings. The molecule has 0 amide bonds. The van der Waals surface area contributed by atoms with Crippen molar-refractivity contribution in [1.82, 2.24) is 4.31 Å². The molecule has 1 unspecified atom stereocenters. The lowest BCUT2D eigenvalue weighted by Crippen LogP contribution is -2.34. The number of methoxy groups -OCH3 is 1. The topological polar surface area (TPSA) is 83.9 Å². The first-order valence-electron chi connectivity index (χ1n) is 6.71. The number of ether oxygens (including phenoxy) is 1. The van der Waals surface area contributed by atoms with E-state index in [0.29, 0.717) is 10.6 Å². The van der Waals surface area contributed by atoms with Gasteiger partial charge in [0.05, 0.1) is 16.9 Å². The molecule has 1 saturated heterocycles. The van der Waals surface area contributed by atoms with Crippen LogP contribution in [0.5, 0.6) is 0 Å². The molecule has 1 N–H and O–H groups in total. The van der Waals surface area contributed by atoms with Gasteiger partial charge in [0.1, 0.15) is 0 Å². The zero-order valence-electron chi connectivity index (χ0n) is 12.4. The molecule has 8 heteroatoms. The Bertz CT molecular complexity index is 690. The fourth-order valence-electron chi connectivity index (χ4n) is 2.47. The van der Waals surface area contributed by atoms with E-state index in [1.807, 2.05) is 0 Å². The van der Waals surface area contributed by atoms with Crippen LogP contribution in [0.25, 0.3) is 0 Å². The summed E-state index contributed by atoms with van der Waals surface area (Å²) in [4.78, 5) is 11.3. The number of carbonyl (C=O) groups is 1. The van der Waals surface area contributed by atoms with E-state index >= 15 is 0 Å². The molecular formula is C14H18ClNO5S. The zero-order chi connectivity index (χ0) is 16.5. The molecule has 0 radical (unpaired) electrons. The standard InChI is InChI=1S/C14H18ClNO5S/c1-14(13(17)18)3-4-16(9-14)22(19,20)12-6-10(8-21-2)5-11(15)7-12/h5-7H,3-4,8-9H2,1-2H3,(H,17,18). The molecule has 1 atom stereocenters. The molecule has 2 rings (SSSR count). The van der Waals surface area contributed by atoms with Crippen LogP contribution >= 0.6 is 11.6 Å². The van der Waals surface area contributed by atoms with Crippen molar-refractivity contribution in [3.8, 4) is 0 Å². The molecule has 0 saturated carbocycles. The Morgan fingerprint density at radius 2 is 2.14 bits per heavy atom. The first-order chi connectivity index (χ1) is 10.2. The number of nitrogens with zero attached hydrogens (tertiary/aromatic N) is 1. The highest BCUT2D eigenvalue weighted by Crippen LogP contribution is 2.34. The van der Waals surface area contributed by atoms with Gasteiger partial charge >= 0.3 is 5.97 Å². The molecular weight excluding hydrogens is 330 g/mol. The van der Waals surface area contributed by atoms with Crippen LogP contribution in [0, 0.1) is 5.41 Å². The molecule has 1 aromatic rings. The third kappa shape index (κ3) is 3.27. The highest BCUT2D eigenvalue weighted by molar-refractivity contribution is 7.89. The summed E-state index contributed by atoms with van der Waals surface area (Å²) >= 11 is 5.97. The van der Waals surface area contributed by atoms with Crippen LogP contribution in [0.3, 0.4) is 0 Å². The maximum atomic E-state index is 12.7. The van der Waals surface area contributed by atoms with Crippen LogP contribution in [-0.2, 0) is 26.2 Å². The number of benzene rings is 1. The van der Waals surface area contributed by atoms with Gasteiger partial charge < -0.3 is 9.84 Å². The van der Waals surface area contributed by atoms with E-state index in [1.165, 1.54) is 23.5 Å². The fraction of sp³-hybridized carbons (Fsp3) is 0.500. The lowest BCUT2D eigenvalue weighted by Gasteiger charge is -2.20. The maximum Gasteiger partial charge on any atom is 0.310 e. The van der Waals surface area contributed by atoms with Crippen molar-refractivity contribution in [1.29, 1.82) is 0 Å². The van der Waals surface area contributed by atoms with Gasteiger partial charge in [-0.05, 0) is 37.1 Å². The van der Waals surface area contributed by atoms with E-state index in [4.69, 9.17) is 16.3 Å². The van der Waals surface area contributed by atoms with Gasteiger partial charge in [0.15, 0.2) is 0 Å². The van der Waals surface area contributed by atoms with E-state index in [2.05, 4.69) is 0 Å². The Morgan fingerprint density at radius 3 is 2.68 bits per heavy atom. The van der Waals surface area contributed by atoms with Gasteiger partial charge in [0.25, 0.3) is 0 Å². The second-order valence-corrected chi connectivity index (χ2v) is 8.06. The molecule has 122 valence electrons. The first-order valence-corrected chi connectivity index (χ1v) is 8.53. The normalized spacial score (nSPS) is 22.9. The van der Waals surface area contributed by atoms with Crippen LogP contribution in [-0.4, -0.2) is 44.0 Å². The molecule has 0 aliphatic carbocycles. The van der Waals surface area contributed by atoms with Crippen LogP contribution < -0.4 is 0 Å². The van der Waals surface area contributed by atoms with Crippen LogP contribution in [0.15, 0.2) is 23.1 Å². The van der Waals surface area contributed by atoms with Gasteiger partial charge in [-0.25, -0.2) is 8.42 Å². The minimum atomic E-state index is -3.78. The molecule has 22 heavy (non-hydrogen) atoms. The highest BCUT2D eigenvalue weighted by atomic mass is 35.5. The Morgan fingerprint density at radius 1 is 1.45 bits per heavy atom. The third-order valence-corrected chi connectivity index (χ3v) is 5.88. The van der Waals surface area contributed by atoms with Crippen molar-refractivity contribution in [2.24, 2.45) is 5.41 Å². The molecule has 1 heterocycles. The van der Waals surface area contributed by atoms with E-state index in [9.17, 15) is 18.3 Å². The number of carboxylic acid groups (broad SMARTS) is 1. The molecule has 0 bridgehead atoms. The van der Waals surface area contributed by atoms with Gasteiger partial charge in [0, 0.05) is 25.2 Å². The van der Waals surface area contributed by atoms with Gasteiger partial charge in [-0.3, -0.25) is 4.79 Å². The van der Waals surface area contributed by atoms with Gasteiger partial charge in [-0.15, -0.1) is 0 Å². The molecule has 0 aromatic heterocycles. The van der Waals surface area contributed by atoms with Crippen LogP contribution in [0.1, 0.15) is 18.9 Å². The summed E-state index contributed by atoms with van der Waals surface area (Å²) in [6, 6.07) is 4.50. The Hall–Kier alpha value is -1.15. The molecule has 0 spiro atoms. The summed E-state index contributed by atoms with van der Waals surface area (Å²) in [6.07, 6.45) is 0.285. The van der Waals surface area contributed by atoms with Crippen molar-refractivity contribution in [3.63, 3.8) is 0 Å². The monoisotopic (exact) mass is 347 g/mol. The third-order valence-electron chi connectivity index (χ3n) is 3.83. The highest BCUT2D eigenvalue weighted by Gasteiger charge is 2.44. The van der Waals surface area contributed by atoms with E-state index in [-0.39, 0.29) is 31.0 Å². The minimum Gasteiger partial charge on any atom is -0.481 e. The minimum absolute atomic E-state index is 0.0449. The summed E-state index contributed by atoms with van der Waals surface area (Å²) < 4.78 is 31.6. The lowest BCUT2D eigenvalue weighted by atomic mass is 9.90. The Labute approximate surface area is 134 Å².